The van der Waals surface area contributed by atoms with Crippen LogP contribution in [-0.2, 0) is 15.7 Å². The standard InChI is InChI=1S/C39H52F4N6O5Si/c1-37(2,3)54-36(50)49-25-9-10-26(49)22-47(21-25)34-29-20-44-32(28-19-27(11-12-30(28)39(41,42)43)53-24-51-17-18-55(4,5)6)31(40)33(29)45-35(46-34)52-23-38-13-7-15-48(38)16-8-14-38/h11-12,19-20,25-26H,7-10,13-18,21-24H2,1-6H3/t25-,26+. The Balaban J connectivity index is 1.24. The van der Waals surface area contributed by atoms with Crippen molar-refractivity contribution >= 4 is 30.9 Å². The van der Waals surface area contributed by atoms with Crippen molar-refractivity contribution in [1.29, 1.82) is 0 Å². The van der Waals surface area contributed by atoms with Crippen molar-refractivity contribution in [1.82, 2.24) is 24.8 Å². The normalized spacial score (nSPS) is 21.3. The molecule has 2 atom stereocenters. The molecule has 4 fully saturated rings. The zero-order chi connectivity index (χ0) is 39.3. The Kier molecular flexibility index (Phi) is 10.7. The van der Waals surface area contributed by atoms with E-state index in [2.05, 4.69) is 34.5 Å². The van der Waals surface area contributed by atoms with Gasteiger partial charge in [0.05, 0.1) is 28.6 Å². The van der Waals surface area contributed by atoms with Gasteiger partial charge in [0.15, 0.2) is 12.6 Å². The Morgan fingerprint density at radius 2 is 1.69 bits per heavy atom. The number of halogens is 4. The Morgan fingerprint density at radius 3 is 2.33 bits per heavy atom. The Morgan fingerprint density at radius 1 is 1.00 bits per heavy atom. The molecule has 16 heteroatoms. The average Bonchev–Trinajstić information content (AvgIpc) is 3.76. The second-order valence-electron chi connectivity index (χ2n) is 17.6. The predicted molar refractivity (Wildman–Crippen MR) is 203 cm³/mol. The van der Waals surface area contributed by atoms with Crippen LogP contribution in [0.25, 0.3) is 22.2 Å². The van der Waals surface area contributed by atoms with E-state index in [-0.39, 0.29) is 53.2 Å². The number of pyridine rings is 1. The van der Waals surface area contributed by atoms with E-state index in [0.717, 1.165) is 69.8 Å². The fourth-order valence-corrected chi connectivity index (χ4v) is 9.22. The molecule has 4 aliphatic heterocycles. The van der Waals surface area contributed by atoms with Crippen molar-refractivity contribution in [3.63, 3.8) is 0 Å². The lowest BCUT2D eigenvalue weighted by Gasteiger charge is -2.42. The topological polar surface area (TPSA) is 102 Å². The van der Waals surface area contributed by atoms with Gasteiger partial charge in [0, 0.05) is 39.5 Å². The van der Waals surface area contributed by atoms with Crippen molar-refractivity contribution in [2.45, 2.75) is 114 Å². The molecule has 0 N–H and O–H groups in total. The SMILES string of the molecule is CC(C)(C)OC(=O)N1[C@@H]2CC[C@H]1CN(c1nc(OCC34CCCN3CCC4)nc3c(F)c(-c4cc(OCOCC[Si](C)(C)C)ccc4C(F)(F)F)ncc13)C2. The summed E-state index contributed by atoms with van der Waals surface area (Å²) in [7, 11) is -1.36. The first-order valence-electron chi connectivity index (χ1n) is 19.3. The minimum absolute atomic E-state index is 0.0582. The largest absolute Gasteiger partial charge is 0.468 e. The van der Waals surface area contributed by atoms with Crippen LogP contribution in [0.5, 0.6) is 11.8 Å². The van der Waals surface area contributed by atoms with Gasteiger partial charge in [-0.3, -0.25) is 14.8 Å². The van der Waals surface area contributed by atoms with E-state index in [9.17, 15) is 18.0 Å². The van der Waals surface area contributed by atoms with Crippen molar-refractivity contribution < 1.29 is 41.3 Å². The lowest BCUT2D eigenvalue weighted by atomic mass is 9.95. The first-order chi connectivity index (χ1) is 25.9. The van der Waals surface area contributed by atoms with Gasteiger partial charge in [-0.2, -0.15) is 23.1 Å². The molecule has 6 heterocycles. The third-order valence-electron chi connectivity index (χ3n) is 11.2. The molecule has 1 aromatic carbocycles. The maximum absolute atomic E-state index is 17.0. The molecule has 4 aliphatic rings. The Labute approximate surface area is 320 Å². The number of rotatable bonds is 11. The Bertz CT molecular complexity index is 1880. The maximum atomic E-state index is 17.0. The number of carbonyl (C=O) groups excluding carboxylic acids is 1. The average molecular weight is 789 g/mol. The smallest absolute Gasteiger partial charge is 0.417 e. The summed E-state index contributed by atoms with van der Waals surface area (Å²) >= 11 is 0. The van der Waals surface area contributed by atoms with E-state index < -0.39 is 42.5 Å². The summed E-state index contributed by atoms with van der Waals surface area (Å²) < 4.78 is 83.6. The number of hydrogen-bond acceptors (Lipinski definition) is 10. The van der Waals surface area contributed by atoms with Gasteiger partial charge in [-0.15, -0.1) is 0 Å². The number of carbonyl (C=O) groups is 1. The van der Waals surface area contributed by atoms with Crippen molar-refractivity contribution in [3.8, 4) is 23.0 Å². The molecule has 0 unspecified atom stereocenters. The second-order valence-corrected chi connectivity index (χ2v) is 23.2. The number of anilines is 1. The number of ether oxygens (including phenoxy) is 4. The van der Waals surface area contributed by atoms with E-state index in [1.165, 1.54) is 12.3 Å². The summed E-state index contributed by atoms with van der Waals surface area (Å²) in [6.45, 7) is 15.5. The van der Waals surface area contributed by atoms with Gasteiger partial charge < -0.3 is 23.8 Å². The molecule has 0 radical (unpaired) electrons. The third kappa shape index (κ3) is 8.50. The molecule has 1 amide bonds. The number of hydrogen-bond donors (Lipinski definition) is 0. The highest BCUT2D eigenvalue weighted by atomic mass is 28.3. The summed E-state index contributed by atoms with van der Waals surface area (Å²) in [6.07, 6.45) is 1.69. The van der Waals surface area contributed by atoms with Gasteiger partial charge in [-0.05, 0) is 96.6 Å². The summed E-state index contributed by atoms with van der Waals surface area (Å²) in [6, 6.07) is 3.68. The maximum Gasteiger partial charge on any atom is 0.417 e. The molecule has 0 spiro atoms. The molecule has 7 rings (SSSR count). The number of nitrogens with zero attached hydrogens (tertiary/aromatic N) is 6. The highest BCUT2D eigenvalue weighted by molar-refractivity contribution is 6.76. The van der Waals surface area contributed by atoms with Gasteiger partial charge in [0.25, 0.3) is 0 Å². The second kappa shape index (κ2) is 15.0. The van der Waals surface area contributed by atoms with Crippen LogP contribution in [-0.4, -0.2) is 108 Å². The van der Waals surface area contributed by atoms with E-state index >= 15 is 4.39 Å². The highest BCUT2D eigenvalue weighted by Crippen LogP contribution is 2.43. The summed E-state index contributed by atoms with van der Waals surface area (Å²) in [5.41, 5.74) is -3.08. The first kappa shape index (κ1) is 39.5. The zero-order valence-corrected chi connectivity index (χ0v) is 33.6. The van der Waals surface area contributed by atoms with E-state index in [1.54, 1.807) is 4.90 Å². The molecule has 4 saturated heterocycles. The van der Waals surface area contributed by atoms with Crippen molar-refractivity contribution in [2.75, 3.05) is 51.1 Å². The van der Waals surface area contributed by atoms with Crippen LogP contribution in [0.3, 0.4) is 0 Å². The van der Waals surface area contributed by atoms with Gasteiger partial charge in [0.1, 0.15) is 35.0 Å². The molecule has 2 bridgehead atoms. The van der Waals surface area contributed by atoms with E-state index in [4.69, 9.17) is 23.9 Å². The number of aromatic nitrogens is 3. The molecule has 300 valence electrons. The fourth-order valence-electron chi connectivity index (χ4n) is 8.47. The van der Waals surface area contributed by atoms with Crippen LogP contribution >= 0.6 is 0 Å². The van der Waals surface area contributed by atoms with E-state index in [1.807, 2.05) is 25.7 Å². The summed E-state index contributed by atoms with van der Waals surface area (Å²) in [5, 5.41) is 0.233. The highest BCUT2D eigenvalue weighted by Gasteiger charge is 2.47. The third-order valence-corrected chi connectivity index (χ3v) is 12.9. The van der Waals surface area contributed by atoms with Gasteiger partial charge in [-0.25, -0.2) is 9.18 Å². The van der Waals surface area contributed by atoms with Crippen LogP contribution in [0.15, 0.2) is 24.4 Å². The first-order valence-corrected chi connectivity index (χ1v) is 23.0. The Hall–Kier alpha value is -3.76. The number of amides is 1. The predicted octanol–water partition coefficient (Wildman–Crippen LogP) is 8.14. The number of benzene rings is 1. The summed E-state index contributed by atoms with van der Waals surface area (Å²) in [5.74, 6) is -0.591. The molecule has 0 aliphatic carbocycles. The monoisotopic (exact) mass is 788 g/mol. The van der Waals surface area contributed by atoms with Gasteiger partial charge in [-0.1, -0.05) is 19.6 Å². The molecule has 11 nitrogen and oxygen atoms in total. The summed E-state index contributed by atoms with van der Waals surface area (Å²) in [4.78, 5) is 33.1. The molecule has 55 heavy (non-hydrogen) atoms. The van der Waals surface area contributed by atoms with Crippen LogP contribution in [0.2, 0.25) is 25.7 Å². The molecule has 3 aromatic rings. The number of alkyl halides is 3. The van der Waals surface area contributed by atoms with Crippen LogP contribution in [0.4, 0.5) is 28.2 Å². The van der Waals surface area contributed by atoms with Gasteiger partial charge in [0.2, 0.25) is 0 Å². The molecule has 2 aromatic heterocycles. The lowest BCUT2D eigenvalue weighted by molar-refractivity contribution is -0.137. The van der Waals surface area contributed by atoms with E-state index in [0.29, 0.717) is 32.1 Å². The lowest BCUT2D eigenvalue weighted by Crippen LogP contribution is -2.57. The van der Waals surface area contributed by atoms with Crippen molar-refractivity contribution in [2.24, 2.45) is 0 Å². The van der Waals surface area contributed by atoms with Crippen LogP contribution in [0.1, 0.15) is 64.9 Å². The van der Waals surface area contributed by atoms with Gasteiger partial charge >= 0.3 is 18.3 Å². The number of fused-ring (bicyclic) bond motifs is 4. The minimum atomic E-state index is -4.81. The molecular weight excluding hydrogens is 737 g/mol. The van der Waals surface area contributed by atoms with Crippen molar-refractivity contribution in [3.05, 3.63) is 35.8 Å². The quantitative estimate of drug-likeness (QED) is 0.0820. The molecular formula is C39H52F4N6O5Si. The molecule has 0 saturated carbocycles. The number of piperazine rings is 1. The zero-order valence-electron chi connectivity index (χ0n) is 32.6. The van der Waals surface area contributed by atoms with Crippen LogP contribution in [0, 0.1) is 5.82 Å². The minimum Gasteiger partial charge on any atom is -0.468 e. The fraction of sp³-hybridized carbons (Fsp3) is 0.641. The van der Waals surface area contributed by atoms with Crippen LogP contribution < -0.4 is 14.4 Å².